The molecule has 0 amide bonds. The number of aromatic nitrogens is 3. The minimum absolute atomic E-state index is 0.577. The maximum atomic E-state index is 4.28. The van der Waals surface area contributed by atoms with Gasteiger partial charge in [-0.1, -0.05) is 12.1 Å². The first kappa shape index (κ1) is 9.79. The number of anilines is 1. The summed E-state index contributed by atoms with van der Waals surface area (Å²) in [6.45, 7) is 4.26. The Morgan fingerprint density at radius 3 is 3.13 bits per heavy atom. The second-order valence-corrected chi connectivity index (χ2v) is 3.73. The summed E-state index contributed by atoms with van der Waals surface area (Å²) in [7, 11) is 0. The molecule has 0 radical (unpaired) electrons. The molecule has 0 aromatic carbocycles. The minimum Gasteiger partial charge on any atom is -0.351 e. The molecule has 2 aromatic heterocycles. The quantitative estimate of drug-likeness (QED) is 0.799. The van der Waals surface area contributed by atoms with E-state index in [9.17, 15) is 0 Å². The lowest BCUT2D eigenvalue weighted by Gasteiger charge is -2.01. The molecule has 2 heterocycles. The van der Waals surface area contributed by atoms with Crippen LogP contribution in [0.3, 0.4) is 0 Å². The summed E-state index contributed by atoms with van der Waals surface area (Å²) >= 11 is 1.61. The zero-order valence-corrected chi connectivity index (χ0v) is 8.87. The third kappa shape index (κ3) is 2.38. The number of thiophene rings is 1. The molecule has 0 aliphatic rings. The van der Waals surface area contributed by atoms with E-state index in [1.807, 2.05) is 17.5 Å². The van der Waals surface area contributed by atoms with Crippen molar-refractivity contribution in [2.24, 2.45) is 0 Å². The van der Waals surface area contributed by atoms with Crippen LogP contribution in [-0.4, -0.2) is 21.5 Å². The van der Waals surface area contributed by atoms with Gasteiger partial charge in [-0.2, -0.15) is 4.98 Å². The van der Waals surface area contributed by atoms with Gasteiger partial charge < -0.3 is 5.32 Å². The van der Waals surface area contributed by atoms with E-state index in [1.54, 1.807) is 17.4 Å². The van der Waals surface area contributed by atoms with Crippen molar-refractivity contribution in [2.45, 2.75) is 0 Å². The topological polar surface area (TPSA) is 50.7 Å². The zero-order valence-electron chi connectivity index (χ0n) is 8.05. The van der Waals surface area contributed by atoms with E-state index >= 15 is 0 Å². The van der Waals surface area contributed by atoms with Crippen molar-refractivity contribution in [2.75, 3.05) is 11.9 Å². The molecule has 4 nitrogen and oxygen atoms in total. The van der Waals surface area contributed by atoms with Crippen LogP contribution < -0.4 is 5.32 Å². The number of hydrogen-bond donors (Lipinski definition) is 1. The molecule has 0 saturated heterocycles. The van der Waals surface area contributed by atoms with Crippen molar-refractivity contribution < 1.29 is 0 Å². The van der Waals surface area contributed by atoms with Crippen molar-refractivity contribution in [3.63, 3.8) is 0 Å². The predicted molar refractivity (Wildman–Crippen MR) is 61.8 cm³/mol. The van der Waals surface area contributed by atoms with Crippen molar-refractivity contribution in [3.05, 3.63) is 36.5 Å². The summed E-state index contributed by atoms with van der Waals surface area (Å²) in [5.74, 6) is 1.28. The van der Waals surface area contributed by atoms with E-state index in [0.717, 1.165) is 4.88 Å². The SMILES string of the molecule is C=CCNc1ncnc(-c2cccs2)n1. The van der Waals surface area contributed by atoms with Crippen LogP contribution in [0.1, 0.15) is 0 Å². The van der Waals surface area contributed by atoms with E-state index in [4.69, 9.17) is 0 Å². The van der Waals surface area contributed by atoms with Crippen molar-refractivity contribution >= 4 is 17.3 Å². The Balaban J connectivity index is 2.23. The van der Waals surface area contributed by atoms with Gasteiger partial charge in [-0.15, -0.1) is 17.9 Å². The van der Waals surface area contributed by atoms with Crippen LogP contribution in [-0.2, 0) is 0 Å². The van der Waals surface area contributed by atoms with Gasteiger partial charge in [0.2, 0.25) is 5.95 Å². The first-order chi connectivity index (χ1) is 7.40. The van der Waals surface area contributed by atoms with Crippen LogP contribution >= 0.6 is 11.3 Å². The monoisotopic (exact) mass is 218 g/mol. The van der Waals surface area contributed by atoms with Gasteiger partial charge in [0.1, 0.15) is 6.33 Å². The van der Waals surface area contributed by atoms with Gasteiger partial charge in [0, 0.05) is 6.54 Å². The number of hydrogen-bond acceptors (Lipinski definition) is 5. The summed E-state index contributed by atoms with van der Waals surface area (Å²) in [5.41, 5.74) is 0. The van der Waals surface area contributed by atoms with E-state index in [0.29, 0.717) is 18.3 Å². The first-order valence-electron chi connectivity index (χ1n) is 4.48. The molecule has 5 heteroatoms. The van der Waals surface area contributed by atoms with Crippen LogP contribution in [0, 0.1) is 0 Å². The van der Waals surface area contributed by atoms with E-state index in [2.05, 4.69) is 26.8 Å². The van der Waals surface area contributed by atoms with Gasteiger partial charge in [-0.25, -0.2) is 9.97 Å². The Labute approximate surface area is 91.7 Å². The third-order valence-electron chi connectivity index (χ3n) is 1.72. The molecule has 15 heavy (non-hydrogen) atoms. The highest BCUT2D eigenvalue weighted by Gasteiger charge is 2.03. The van der Waals surface area contributed by atoms with Crippen LogP contribution in [0.4, 0.5) is 5.95 Å². The molecule has 0 bridgehead atoms. The highest BCUT2D eigenvalue weighted by molar-refractivity contribution is 7.13. The maximum Gasteiger partial charge on any atom is 0.226 e. The maximum absolute atomic E-state index is 4.28. The Kier molecular flexibility index (Phi) is 3.04. The standard InChI is InChI=1S/C10H10N4S/c1-2-5-11-10-13-7-12-9(14-10)8-4-3-6-15-8/h2-4,6-7H,1,5H2,(H,11,12,13,14). The van der Waals surface area contributed by atoms with Gasteiger partial charge in [0.05, 0.1) is 4.88 Å². The summed E-state index contributed by atoms with van der Waals surface area (Å²) in [5, 5.41) is 5.02. The van der Waals surface area contributed by atoms with Gasteiger partial charge in [-0.05, 0) is 11.4 Å². The number of nitrogens with zero attached hydrogens (tertiary/aromatic N) is 3. The van der Waals surface area contributed by atoms with Gasteiger partial charge in [0.15, 0.2) is 5.82 Å². The molecule has 76 valence electrons. The average molecular weight is 218 g/mol. The Bertz CT molecular complexity index is 438. The van der Waals surface area contributed by atoms with Crippen molar-refractivity contribution in [1.82, 2.24) is 15.0 Å². The molecule has 0 atom stereocenters. The lowest BCUT2D eigenvalue weighted by atomic mass is 10.4. The molecule has 0 spiro atoms. The molecular weight excluding hydrogens is 208 g/mol. The Hall–Kier alpha value is -1.75. The third-order valence-corrected chi connectivity index (χ3v) is 2.58. The minimum atomic E-state index is 0.577. The Morgan fingerprint density at radius 1 is 1.47 bits per heavy atom. The molecule has 2 aromatic rings. The first-order valence-corrected chi connectivity index (χ1v) is 5.36. The molecule has 0 fully saturated rings. The second kappa shape index (κ2) is 4.65. The fourth-order valence-corrected chi connectivity index (χ4v) is 1.73. The Morgan fingerprint density at radius 2 is 2.40 bits per heavy atom. The summed E-state index contributed by atoms with van der Waals surface area (Å²) in [6.07, 6.45) is 3.27. The van der Waals surface area contributed by atoms with Crippen LogP contribution in [0.25, 0.3) is 10.7 Å². The fraction of sp³-hybridized carbons (Fsp3) is 0.100. The highest BCUT2D eigenvalue weighted by atomic mass is 32.1. The molecule has 2 rings (SSSR count). The molecule has 0 aliphatic heterocycles. The molecule has 1 N–H and O–H groups in total. The molecule has 0 aliphatic carbocycles. The van der Waals surface area contributed by atoms with Crippen molar-refractivity contribution in [3.8, 4) is 10.7 Å². The number of nitrogens with one attached hydrogen (secondary N) is 1. The van der Waals surface area contributed by atoms with Crippen LogP contribution in [0.5, 0.6) is 0 Å². The smallest absolute Gasteiger partial charge is 0.226 e. The molecule has 0 saturated carbocycles. The van der Waals surface area contributed by atoms with Gasteiger partial charge in [-0.3, -0.25) is 0 Å². The zero-order chi connectivity index (χ0) is 10.5. The highest BCUT2D eigenvalue weighted by Crippen LogP contribution is 2.20. The van der Waals surface area contributed by atoms with Gasteiger partial charge >= 0.3 is 0 Å². The lowest BCUT2D eigenvalue weighted by Crippen LogP contribution is -2.03. The van der Waals surface area contributed by atoms with Crippen LogP contribution in [0.2, 0.25) is 0 Å². The van der Waals surface area contributed by atoms with E-state index in [1.165, 1.54) is 6.33 Å². The molecule has 0 unspecified atom stereocenters. The normalized spacial score (nSPS) is 9.87. The second-order valence-electron chi connectivity index (χ2n) is 2.78. The predicted octanol–water partition coefficient (Wildman–Crippen LogP) is 2.20. The van der Waals surface area contributed by atoms with Gasteiger partial charge in [0.25, 0.3) is 0 Å². The largest absolute Gasteiger partial charge is 0.351 e. The fourth-order valence-electron chi connectivity index (χ4n) is 1.07. The lowest BCUT2D eigenvalue weighted by molar-refractivity contribution is 1.04. The summed E-state index contributed by atoms with van der Waals surface area (Å²) in [4.78, 5) is 13.4. The van der Waals surface area contributed by atoms with E-state index in [-0.39, 0.29) is 0 Å². The van der Waals surface area contributed by atoms with Crippen LogP contribution in [0.15, 0.2) is 36.5 Å². The summed E-state index contributed by atoms with van der Waals surface area (Å²) in [6, 6.07) is 3.96. The molecular formula is C10H10N4S. The van der Waals surface area contributed by atoms with Crippen molar-refractivity contribution in [1.29, 1.82) is 0 Å². The average Bonchev–Trinajstić information content (AvgIpc) is 2.80. The van der Waals surface area contributed by atoms with E-state index < -0.39 is 0 Å². The summed E-state index contributed by atoms with van der Waals surface area (Å²) < 4.78 is 0. The number of rotatable bonds is 4.